The van der Waals surface area contributed by atoms with Crippen molar-refractivity contribution in [2.24, 2.45) is 5.92 Å². The van der Waals surface area contributed by atoms with Gasteiger partial charge in [0.2, 0.25) is 6.41 Å². The van der Waals surface area contributed by atoms with Crippen LogP contribution in [0.25, 0.3) is 0 Å². The molecule has 6 nitrogen and oxygen atoms in total. The fraction of sp³-hybridized carbons (Fsp3) is 0.382. The van der Waals surface area contributed by atoms with Crippen molar-refractivity contribution in [2.75, 3.05) is 52.7 Å². The molecule has 1 amide bonds. The molecule has 0 bridgehead atoms. The van der Waals surface area contributed by atoms with E-state index in [4.69, 9.17) is 4.74 Å². The van der Waals surface area contributed by atoms with Crippen molar-refractivity contribution < 1.29 is 9.53 Å². The first-order valence-corrected chi connectivity index (χ1v) is 14.1. The number of amides is 1. The van der Waals surface area contributed by atoms with Gasteiger partial charge in [-0.1, -0.05) is 49.1 Å². The molecular weight excluding hydrogens is 496 g/mol. The van der Waals surface area contributed by atoms with Crippen molar-refractivity contribution in [3.63, 3.8) is 0 Å². The van der Waals surface area contributed by atoms with Gasteiger partial charge in [-0.2, -0.15) is 0 Å². The Labute approximate surface area is 239 Å². The highest BCUT2D eigenvalue weighted by atomic mass is 16.5. The summed E-state index contributed by atoms with van der Waals surface area (Å²) in [5.41, 5.74) is 4.49. The third-order valence-corrected chi connectivity index (χ3v) is 7.65. The molecule has 1 unspecified atom stereocenters. The zero-order valence-corrected chi connectivity index (χ0v) is 24.1. The number of nitrogens with one attached hydrogen (secondary N) is 2. The first-order chi connectivity index (χ1) is 19.5. The van der Waals surface area contributed by atoms with Gasteiger partial charge >= 0.3 is 0 Å². The van der Waals surface area contributed by atoms with E-state index in [1.54, 1.807) is 7.11 Å². The molecule has 0 aromatic heterocycles. The number of methoxy groups -OCH3 is 1. The number of ether oxygens (including phenoxy) is 1. The Bertz CT molecular complexity index is 1250. The van der Waals surface area contributed by atoms with E-state index < -0.39 is 0 Å². The molecule has 6 heteroatoms. The number of anilines is 1. The zero-order chi connectivity index (χ0) is 28.3. The van der Waals surface area contributed by atoms with Crippen molar-refractivity contribution >= 4 is 12.1 Å². The van der Waals surface area contributed by atoms with E-state index in [0.717, 1.165) is 55.0 Å². The van der Waals surface area contributed by atoms with Gasteiger partial charge in [0, 0.05) is 61.0 Å². The summed E-state index contributed by atoms with van der Waals surface area (Å²) in [4.78, 5) is 15.7. The summed E-state index contributed by atoms with van der Waals surface area (Å²) in [6, 6.07) is 27.8. The van der Waals surface area contributed by atoms with E-state index in [1.165, 1.54) is 5.56 Å². The standard InChI is InChI=1S/C34H42N4O2/c1-26(20-21-35-25-39)23-38-32(22-36-30-16-18-31(40-4)19-17-30)34(33(38)24-37(2)3)29-14-12-28(13-15-29)11-10-27-8-6-5-7-9-27/h5-9,12-19,25-26,32-34,36H,20-24H2,1-4H3,(H,35,39)/t26?,32-,33+,34+/m0/s1. The molecule has 3 aromatic rings. The van der Waals surface area contributed by atoms with Crippen LogP contribution in [-0.2, 0) is 4.79 Å². The minimum atomic E-state index is 0.342. The Morgan fingerprint density at radius 1 is 0.950 bits per heavy atom. The van der Waals surface area contributed by atoms with E-state index in [0.29, 0.717) is 30.5 Å². The number of benzene rings is 3. The largest absolute Gasteiger partial charge is 0.497 e. The molecule has 4 atom stereocenters. The van der Waals surface area contributed by atoms with Gasteiger partial charge in [-0.05, 0) is 80.5 Å². The first-order valence-electron chi connectivity index (χ1n) is 14.1. The van der Waals surface area contributed by atoms with Gasteiger partial charge in [-0.3, -0.25) is 9.69 Å². The van der Waals surface area contributed by atoms with Crippen LogP contribution in [-0.4, -0.2) is 75.7 Å². The van der Waals surface area contributed by atoms with Crippen LogP contribution in [0.1, 0.15) is 36.0 Å². The summed E-state index contributed by atoms with van der Waals surface area (Å²) in [5.74, 6) is 8.30. The molecule has 0 aliphatic carbocycles. The predicted molar refractivity (Wildman–Crippen MR) is 164 cm³/mol. The lowest BCUT2D eigenvalue weighted by atomic mass is 9.73. The molecule has 210 valence electrons. The lowest BCUT2D eigenvalue weighted by Crippen LogP contribution is -2.67. The number of nitrogens with zero attached hydrogens (tertiary/aromatic N) is 2. The van der Waals surface area contributed by atoms with E-state index in [9.17, 15) is 4.79 Å². The van der Waals surface area contributed by atoms with Crippen LogP contribution >= 0.6 is 0 Å². The smallest absolute Gasteiger partial charge is 0.207 e. The van der Waals surface area contributed by atoms with E-state index >= 15 is 0 Å². The quantitative estimate of drug-likeness (QED) is 0.188. The van der Waals surface area contributed by atoms with Gasteiger partial charge in [0.1, 0.15) is 5.75 Å². The number of carbonyl (C=O) groups excluding carboxylic acids is 1. The Balaban J connectivity index is 1.54. The topological polar surface area (TPSA) is 56.8 Å². The zero-order valence-electron chi connectivity index (χ0n) is 24.1. The minimum absolute atomic E-state index is 0.342. The van der Waals surface area contributed by atoms with Gasteiger partial charge in [-0.25, -0.2) is 0 Å². The van der Waals surface area contributed by atoms with Gasteiger partial charge in [0.05, 0.1) is 7.11 Å². The van der Waals surface area contributed by atoms with E-state index in [2.05, 4.69) is 89.7 Å². The summed E-state index contributed by atoms with van der Waals surface area (Å²) >= 11 is 0. The molecule has 1 fully saturated rings. The fourth-order valence-electron chi connectivity index (χ4n) is 5.59. The van der Waals surface area contributed by atoms with Gasteiger partial charge < -0.3 is 20.3 Å². The van der Waals surface area contributed by atoms with Crippen LogP contribution in [0.2, 0.25) is 0 Å². The maximum atomic E-state index is 10.7. The molecule has 1 heterocycles. The molecule has 1 aliphatic rings. The highest BCUT2D eigenvalue weighted by molar-refractivity contribution is 5.48. The average molecular weight is 539 g/mol. The van der Waals surface area contributed by atoms with Crippen molar-refractivity contribution in [1.82, 2.24) is 15.1 Å². The lowest BCUT2D eigenvalue weighted by Gasteiger charge is -2.57. The average Bonchev–Trinajstić information content (AvgIpc) is 2.97. The number of carbonyl (C=O) groups is 1. The molecule has 0 spiro atoms. The summed E-state index contributed by atoms with van der Waals surface area (Å²) < 4.78 is 5.33. The van der Waals surface area contributed by atoms with Crippen LogP contribution in [0.15, 0.2) is 78.9 Å². The SMILES string of the molecule is COc1ccc(NC[C@H]2[C@@H](c3ccc(C#Cc4ccccc4)cc3)[C@@H](CN(C)C)N2CC(C)CCNC=O)cc1. The molecule has 0 saturated carbocycles. The second-order valence-electron chi connectivity index (χ2n) is 10.9. The first kappa shape index (κ1) is 29.2. The summed E-state index contributed by atoms with van der Waals surface area (Å²) in [7, 11) is 5.99. The van der Waals surface area contributed by atoms with Crippen molar-refractivity contribution in [1.29, 1.82) is 0 Å². The van der Waals surface area contributed by atoms with Crippen molar-refractivity contribution in [2.45, 2.75) is 31.3 Å². The van der Waals surface area contributed by atoms with Gasteiger partial charge in [0.15, 0.2) is 0 Å². The highest BCUT2D eigenvalue weighted by Crippen LogP contribution is 2.42. The molecule has 0 radical (unpaired) electrons. The Hall–Kier alpha value is -3.79. The maximum Gasteiger partial charge on any atom is 0.207 e. The Kier molecular flexibility index (Phi) is 10.6. The number of likely N-dealkylation sites (tertiary alicyclic amines) is 1. The predicted octanol–water partition coefficient (Wildman–Crippen LogP) is 4.68. The van der Waals surface area contributed by atoms with Crippen molar-refractivity contribution in [3.05, 3.63) is 95.6 Å². The maximum absolute atomic E-state index is 10.7. The Morgan fingerprint density at radius 3 is 2.25 bits per heavy atom. The molecular formula is C34H42N4O2. The second-order valence-corrected chi connectivity index (χ2v) is 10.9. The monoisotopic (exact) mass is 538 g/mol. The summed E-state index contributed by atoms with van der Waals surface area (Å²) in [6.07, 6.45) is 1.75. The van der Waals surface area contributed by atoms with Crippen LogP contribution in [0, 0.1) is 17.8 Å². The minimum Gasteiger partial charge on any atom is -0.497 e. The number of hydrogen-bond donors (Lipinski definition) is 2. The Morgan fingerprint density at radius 2 is 1.62 bits per heavy atom. The third-order valence-electron chi connectivity index (χ3n) is 7.65. The molecule has 3 aromatic carbocycles. The van der Waals surface area contributed by atoms with Crippen molar-refractivity contribution in [3.8, 4) is 17.6 Å². The second kappa shape index (κ2) is 14.6. The number of hydrogen-bond acceptors (Lipinski definition) is 5. The fourth-order valence-corrected chi connectivity index (χ4v) is 5.59. The molecule has 2 N–H and O–H groups in total. The van der Waals surface area contributed by atoms with Crippen LogP contribution in [0.3, 0.4) is 0 Å². The molecule has 1 aliphatic heterocycles. The van der Waals surface area contributed by atoms with Gasteiger partial charge in [-0.15, -0.1) is 0 Å². The number of rotatable bonds is 13. The summed E-state index contributed by atoms with van der Waals surface area (Å²) in [6.45, 7) is 5.81. The third kappa shape index (κ3) is 7.88. The lowest BCUT2D eigenvalue weighted by molar-refractivity contribution is -0.109. The molecule has 40 heavy (non-hydrogen) atoms. The van der Waals surface area contributed by atoms with Crippen LogP contribution < -0.4 is 15.4 Å². The van der Waals surface area contributed by atoms with Crippen LogP contribution in [0.5, 0.6) is 5.75 Å². The van der Waals surface area contributed by atoms with Crippen LogP contribution in [0.4, 0.5) is 5.69 Å². The molecule has 1 saturated heterocycles. The van der Waals surface area contributed by atoms with E-state index in [1.807, 2.05) is 42.5 Å². The van der Waals surface area contributed by atoms with E-state index in [-0.39, 0.29) is 0 Å². The number of likely N-dealkylation sites (N-methyl/N-ethyl adjacent to an activating group) is 1. The van der Waals surface area contributed by atoms with Gasteiger partial charge in [0.25, 0.3) is 0 Å². The normalized spacial score (nSPS) is 19.2. The molecule has 4 rings (SSSR count). The highest BCUT2D eigenvalue weighted by Gasteiger charge is 2.48. The summed E-state index contributed by atoms with van der Waals surface area (Å²) in [5, 5.41) is 6.50.